The molecule has 1 rings (SSSR count). The van der Waals surface area contributed by atoms with Crippen molar-refractivity contribution >= 4 is 29.0 Å². The van der Waals surface area contributed by atoms with Crippen LogP contribution in [0.4, 0.5) is 4.79 Å². The number of thiophene rings is 1. The summed E-state index contributed by atoms with van der Waals surface area (Å²) in [6.07, 6.45) is 0.608. The van der Waals surface area contributed by atoms with Gasteiger partial charge in [-0.25, -0.2) is 4.79 Å². The number of hydrogen-bond acceptors (Lipinski definition) is 4. The van der Waals surface area contributed by atoms with E-state index in [4.69, 9.17) is 16.3 Å². The van der Waals surface area contributed by atoms with Gasteiger partial charge < -0.3 is 15.0 Å². The zero-order valence-electron chi connectivity index (χ0n) is 12.5. The quantitative estimate of drug-likeness (QED) is 0.812. The first-order valence-corrected chi connectivity index (χ1v) is 7.91. The van der Waals surface area contributed by atoms with Crippen molar-refractivity contribution in [1.82, 2.24) is 10.2 Å². The van der Waals surface area contributed by atoms with Crippen LogP contribution >= 0.6 is 22.9 Å². The molecular formula is C14H23ClN2O2S. The Bertz CT molecular complexity index is 429. The van der Waals surface area contributed by atoms with Crippen molar-refractivity contribution in [2.75, 3.05) is 20.1 Å². The maximum Gasteiger partial charge on any atom is 0.410 e. The van der Waals surface area contributed by atoms with E-state index in [0.717, 1.165) is 24.5 Å². The average Bonchev–Trinajstić information content (AvgIpc) is 2.72. The van der Waals surface area contributed by atoms with E-state index >= 15 is 0 Å². The molecule has 1 heterocycles. The first-order valence-electron chi connectivity index (χ1n) is 6.65. The topological polar surface area (TPSA) is 41.6 Å². The first kappa shape index (κ1) is 17.3. The summed E-state index contributed by atoms with van der Waals surface area (Å²) < 4.78 is 5.28. The third kappa shape index (κ3) is 7.12. The van der Waals surface area contributed by atoms with Crippen molar-refractivity contribution in [2.24, 2.45) is 0 Å². The molecule has 4 nitrogen and oxygen atoms in total. The van der Waals surface area contributed by atoms with Gasteiger partial charge in [-0.1, -0.05) is 11.6 Å². The number of carbonyl (C=O) groups excluding carboxylic acids is 1. The molecule has 0 aliphatic rings. The third-order valence-electron chi connectivity index (χ3n) is 2.47. The molecule has 0 saturated heterocycles. The number of ether oxygens (including phenoxy) is 1. The Morgan fingerprint density at radius 3 is 2.75 bits per heavy atom. The van der Waals surface area contributed by atoms with Crippen LogP contribution in [-0.2, 0) is 11.3 Å². The van der Waals surface area contributed by atoms with Crippen LogP contribution in [0.1, 0.15) is 32.1 Å². The monoisotopic (exact) mass is 318 g/mol. The van der Waals surface area contributed by atoms with Crippen LogP contribution in [0.25, 0.3) is 0 Å². The minimum absolute atomic E-state index is 0.275. The molecule has 0 bridgehead atoms. The number of halogens is 1. The number of amides is 1. The molecule has 1 amide bonds. The van der Waals surface area contributed by atoms with Gasteiger partial charge in [0.05, 0.1) is 5.02 Å². The van der Waals surface area contributed by atoms with Gasteiger partial charge in [0.2, 0.25) is 0 Å². The maximum atomic E-state index is 11.7. The molecular weight excluding hydrogens is 296 g/mol. The minimum atomic E-state index is -0.442. The number of nitrogens with one attached hydrogen (secondary N) is 1. The van der Waals surface area contributed by atoms with Gasteiger partial charge in [0.25, 0.3) is 0 Å². The van der Waals surface area contributed by atoms with Crippen molar-refractivity contribution < 1.29 is 9.53 Å². The van der Waals surface area contributed by atoms with Gasteiger partial charge in [0, 0.05) is 30.4 Å². The normalized spacial score (nSPS) is 11.4. The summed E-state index contributed by atoms with van der Waals surface area (Å²) in [6, 6.07) is 1.96. The van der Waals surface area contributed by atoms with Crippen molar-refractivity contribution in [3.8, 4) is 0 Å². The fourth-order valence-corrected chi connectivity index (χ4v) is 2.57. The second kappa shape index (κ2) is 7.86. The largest absolute Gasteiger partial charge is 0.444 e. The molecule has 1 aromatic rings. The van der Waals surface area contributed by atoms with E-state index in [1.165, 1.54) is 4.88 Å². The van der Waals surface area contributed by atoms with Crippen LogP contribution < -0.4 is 5.32 Å². The number of carbonyl (C=O) groups is 1. The van der Waals surface area contributed by atoms with Crippen LogP contribution in [0.2, 0.25) is 5.02 Å². The molecule has 0 unspecified atom stereocenters. The second-order valence-corrected chi connectivity index (χ2v) is 7.10. The van der Waals surface area contributed by atoms with Crippen molar-refractivity contribution in [2.45, 2.75) is 39.3 Å². The van der Waals surface area contributed by atoms with Crippen LogP contribution in [0.3, 0.4) is 0 Å². The number of rotatable bonds is 6. The van der Waals surface area contributed by atoms with Gasteiger partial charge in [-0.05, 0) is 39.8 Å². The summed E-state index contributed by atoms with van der Waals surface area (Å²) in [6.45, 7) is 7.94. The van der Waals surface area contributed by atoms with Gasteiger partial charge in [-0.15, -0.1) is 11.3 Å². The molecule has 1 aromatic heterocycles. The van der Waals surface area contributed by atoms with E-state index in [1.807, 2.05) is 32.2 Å². The standard InChI is InChI=1S/C14H23ClN2O2S/c1-14(2,3)19-13(18)17(4)7-5-6-16-9-12-8-11(15)10-20-12/h8,10,16H,5-7,9H2,1-4H3. The fourth-order valence-electron chi connectivity index (χ4n) is 1.53. The maximum absolute atomic E-state index is 11.7. The lowest BCUT2D eigenvalue weighted by molar-refractivity contribution is 0.0297. The summed E-state index contributed by atoms with van der Waals surface area (Å²) in [5.41, 5.74) is -0.442. The molecule has 0 fully saturated rings. The van der Waals surface area contributed by atoms with E-state index in [9.17, 15) is 4.79 Å². The predicted octanol–water partition coefficient (Wildman–Crippen LogP) is 3.75. The summed E-state index contributed by atoms with van der Waals surface area (Å²) in [7, 11) is 1.76. The molecule has 0 aliphatic carbocycles. The van der Waals surface area contributed by atoms with Crippen molar-refractivity contribution in [3.05, 3.63) is 21.3 Å². The molecule has 0 spiro atoms. The average molecular weight is 319 g/mol. The molecule has 6 heteroatoms. The number of hydrogen-bond donors (Lipinski definition) is 1. The lowest BCUT2D eigenvalue weighted by Crippen LogP contribution is -2.35. The van der Waals surface area contributed by atoms with Gasteiger partial charge in [-0.2, -0.15) is 0 Å². The van der Waals surface area contributed by atoms with E-state index < -0.39 is 5.60 Å². The Hall–Kier alpha value is -0.780. The Labute approximate surface area is 130 Å². The highest BCUT2D eigenvalue weighted by molar-refractivity contribution is 7.10. The second-order valence-electron chi connectivity index (χ2n) is 5.66. The fraction of sp³-hybridized carbons (Fsp3) is 0.643. The highest BCUT2D eigenvalue weighted by Crippen LogP contribution is 2.18. The van der Waals surface area contributed by atoms with Gasteiger partial charge in [-0.3, -0.25) is 0 Å². The Morgan fingerprint density at radius 2 is 2.20 bits per heavy atom. The highest BCUT2D eigenvalue weighted by Gasteiger charge is 2.18. The minimum Gasteiger partial charge on any atom is -0.444 e. The van der Waals surface area contributed by atoms with Gasteiger partial charge >= 0.3 is 6.09 Å². The van der Waals surface area contributed by atoms with E-state index in [-0.39, 0.29) is 6.09 Å². The lowest BCUT2D eigenvalue weighted by Gasteiger charge is -2.24. The summed E-state index contributed by atoms with van der Waals surface area (Å²) in [4.78, 5) is 14.5. The lowest BCUT2D eigenvalue weighted by atomic mass is 10.2. The summed E-state index contributed by atoms with van der Waals surface area (Å²) in [5, 5.41) is 6.04. The molecule has 0 aromatic carbocycles. The van der Waals surface area contributed by atoms with Gasteiger partial charge in [0.1, 0.15) is 5.60 Å². The van der Waals surface area contributed by atoms with Gasteiger partial charge in [0.15, 0.2) is 0 Å². The van der Waals surface area contributed by atoms with E-state index in [1.54, 1.807) is 23.3 Å². The Balaban J connectivity index is 2.13. The highest BCUT2D eigenvalue weighted by atomic mass is 35.5. The zero-order chi connectivity index (χ0) is 15.2. The smallest absolute Gasteiger partial charge is 0.410 e. The molecule has 0 radical (unpaired) electrons. The van der Waals surface area contributed by atoms with Crippen molar-refractivity contribution in [3.63, 3.8) is 0 Å². The summed E-state index contributed by atoms with van der Waals surface area (Å²) in [5.74, 6) is 0. The molecule has 0 atom stereocenters. The molecule has 114 valence electrons. The molecule has 0 saturated carbocycles. The number of nitrogens with zero attached hydrogens (tertiary/aromatic N) is 1. The summed E-state index contributed by atoms with van der Waals surface area (Å²) >= 11 is 7.50. The van der Waals surface area contributed by atoms with Crippen LogP contribution in [0.15, 0.2) is 11.4 Å². The molecule has 0 aliphatic heterocycles. The van der Waals surface area contributed by atoms with Crippen LogP contribution in [0, 0.1) is 0 Å². The van der Waals surface area contributed by atoms with E-state index in [2.05, 4.69) is 5.32 Å². The molecule has 20 heavy (non-hydrogen) atoms. The predicted molar refractivity (Wildman–Crippen MR) is 84.5 cm³/mol. The molecule has 1 N–H and O–H groups in total. The van der Waals surface area contributed by atoms with Crippen LogP contribution in [0.5, 0.6) is 0 Å². The van der Waals surface area contributed by atoms with E-state index in [0.29, 0.717) is 6.54 Å². The zero-order valence-corrected chi connectivity index (χ0v) is 14.1. The SMILES string of the molecule is CN(CCCNCc1cc(Cl)cs1)C(=O)OC(C)(C)C. The Morgan fingerprint density at radius 1 is 1.50 bits per heavy atom. The third-order valence-corrected chi connectivity index (χ3v) is 3.76. The van der Waals surface area contributed by atoms with Crippen molar-refractivity contribution in [1.29, 1.82) is 0 Å². The van der Waals surface area contributed by atoms with Crippen LogP contribution in [-0.4, -0.2) is 36.7 Å². The first-order chi connectivity index (χ1) is 9.28. The Kier molecular flexibility index (Phi) is 6.79.